The molecule has 0 saturated heterocycles. The van der Waals surface area contributed by atoms with Crippen molar-refractivity contribution in [1.82, 2.24) is 0 Å². The van der Waals surface area contributed by atoms with Gasteiger partial charge in [0.15, 0.2) is 0 Å². The van der Waals surface area contributed by atoms with E-state index >= 15 is 0 Å². The van der Waals surface area contributed by atoms with Crippen molar-refractivity contribution in [2.45, 2.75) is 13.8 Å². The number of ether oxygens (including phenoxy) is 1. The van der Waals surface area contributed by atoms with Crippen molar-refractivity contribution in [3.8, 4) is 23.9 Å². The van der Waals surface area contributed by atoms with E-state index in [0.29, 0.717) is 0 Å². The van der Waals surface area contributed by atoms with E-state index in [2.05, 4.69) is 79.0 Å². The minimum atomic E-state index is 0.807. The first kappa shape index (κ1) is 21.7. The maximum atomic E-state index is 6.33. The van der Waals surface area contributed by atoms with Gasteiger partial charge in [-0.2, -0.15) is 0 Å². The molecule has 6 rings (SSSR count). The van der Waals surface area contributed by atoms with Crippen LogP contribution in [0.1, 0.15) is 30.5 Å². The molecule has 0 saturated carbocycles. The molecule has 0 fully saturated rings. The smallest absolute Gasteiger partial charge is 0.136 e. The standard InChI is InChI=1S/C33H22O3/c1-5-7-21-8-9-23-15-27-29-19-32-28(18-33(29)36-31(27)17-25(23)13-21)26-14-22(6-2)24(16-30(26)35-32)12-20(3)10-11-34-4/h6,8-9,12-19H,2H2,1,3-4H3/b20-12+. The fourth-order valence-electron chi connectivity index (χ4n) is 4.79. The highest BCUT2D eigenvalue weighted by Crippen LogP contribution is 2.39. The van der Waals surface area contributed by atoms with E-state index in [4.69, 9.17) is 13.6 Å². The minimum absolute atomic E-state index is 0.807. The molecule has 0 unspecified atom stereocenters. The molecule has 0 aliphatic rings. The number of hydrogen-bond donors (Lipinski definition) is 0. The summed E-state index contributed by atoms with van der Waals surface area (Å²) in [6, 6.07) is 18.8. The molecule has 0 bridgehead atoms. The average Bonchev–Trinajstić information content (AvgIpc) is 3.40. The topological polar surface area (TPSA) is 35.5 Å². The number of benzene rings is 4. The molecule has 0 atom stereocenters. The Bertz CT molecular complexity index is 2020. The molecule has 6 aromatic rings. The van der Waals surface area contributed by atoms with E-state index < -0.39 is 0 Å². The molecule has 0 N–H and O–H groups in total. The van der Waals surface area contributed by atoms with Gasteiger partial charge in [-0.05, 0) is 96.3 Å². The summed E-state index contributed by atoms with van der Waals surface area (Å²) in [5, 5.41) is 6.39. The second-order valence-electron chi connectivity index (χ2n) is 8.77. The predicted octanol–water partition coefficient (Wildman–Crippen LogP) is 8.66. The van der Waals surface area contributed by atoms with Crippen molar-refractivity contribution >= 4 is 66.8 Å². The van der Waals surface area contributed by atoms with Crippen molar-refractivity contribution in [2.75, 3.05) is 7.11 Å². The lowest BCUT2D eigenvalue weighted by atomic mass is 10.0. The molecule has 3 heteroatoms. The van der Waals surface area contributed by atoms with Gasteiger partial charge in [-0.1, -0.05) is 24.6 Å². The van der Waals surface area contributed by atoms with E-state index in [1.54, 1.807) is 7.11 Å². The number of methoxy groups -OCH3 is 1. The Hall–Kier alpha value is -4.86. The van der Waals surface area contributed by atoms with Crippen molar-refractivity contribution in [3.05, 3.63) is 83.4 Å². The first-order valence-electron chi connectivity index (χ1n) is 11.7. The van der Waals surface area contributed by atoms with Crippen LogP contribution < -0.4 is 0 Å². The Labute approximate surface area is 208 Å². The first-order valence-corrected chi connectivity index (χ1v) is 11.7. The highest BCUT2D eigenvalue weighted by molar-refractivity contribution is 6.17. The van der Waals surface area contributed by atoms with Crippen LogP contribution in [0.5, 0.6) is 0 Å². The molecule has 0 spiro atoms. The number of allylic oxidation sites excluding steroid dienone is 1. The second kappa shape index (κ2) is 8.42. The van der Waals surface area contributed by atoms with Crippen molar-refractivity contribution in [1.29, 1.82) is 0 Å². The van der Waals surface area contributed by atoms with Crippen molar-refractivity contribution in [2.24, 2.45) is 0 Å². The van der Waals surface area contributed by atoms with Crippen LogP contribution in [-0.2, 0) is 4.74 Å². The van der Waals surface area contributed by atoms with Crippen molar-refractivity contribution in [3.63, 3.8) is 0 Å². The summed E-state index contributed by atoms with van der Waals surface area (Å²) >= 11 is 0. The van der Waals surface area contributed by atoms with Crippen LogP contribution in [0, 0.1) is 23.9 Å². The Kier molecular flexibility index (Phi) is 5.06. The third-order valence-electron chi connectivity index (χ3n) is 6.44. The lowest BCUT2D eigenvalue weighted by Gasteiger charge is -2.02. The molecule has 36 heavy (non-hydrogen) atoms. The molecule has 2 heterocycles. The van der Waals surface area contributed by atoms with Gasteiger partial charge in [0.1, 0.15) is 28.4 Å². The zero-order chi connectivity index (χ0) is 24.8. The molecule has 3 nitrogen and oxygen atoms in total. The number of fused-ring (bicyclic) bond motifs is 7. The molecule has 0 amide bonds. The molecular weight excluding hydrogens is 444 g/mol. The highest BCUT2D eigenvalue weighted by Gasteiger charge is 2.15. The van der Waals surface area contributed by atoms with Crippen molar-refractivity contribution < 1.29 is 13.6 Å². The summed E-state index contributed by atoms with van der Waals surface area (Å²) < 4.78 is 17.5. The summed E-state index contributed by atoms with van der Waals surface area (Å²) in [4.78, 5) is 0. The van der Waals surface area contributed by atoms with Gasteiger partial charge in [-0.3, -0.25) is 0 Å². The van der Waals surface area contributed by atoms with Crippen LogP contribution in [0.4, 0.5) is 0 Å². The van der Waals surface area contributed by atoms with E-state index in [-0.39, 0.29) is 0 Å². The van der Waals surface area contributed by atoms with Crippen LogP contribution >= 0.6 is 0 Å². The molecule has 0 aliphatic carbocycles. The molecule has 4 aromatic carbocycles. The normalized spacial score (nSPS) is 11.6. The second-order valence-corrected chi connectivity index (χ2v) is 8.77. The Balaban J connectivity index is 1.56. The highest BCUT2D eigenvalue weighted by atomic mass is 16.5. The zero-order valence-corrected chi connectivity index (χ0v) is 20.3. The maximum absolute atomic E-state index is 6.33. The fraction of sp³-hybridized carbons (Fsp3) is 0.0909. The summed E-state index contributed by atoms with van der Waals surface area (Å²) in [6.07, 6.45) is 6.49. The number of rotatable bonds is 2. The van der Waals surface area contributed by atoms with E-state index in [1.165, 1.54) is 0 Å². The summed E-state index contributed by atoms with van der Waals surface area (Å²) in [5.41, 5.74) is 7.19. The summed E-state index contributed by atoms with van der Waals surface area (Å²) in [5.74, 6) is 9.06. The third kappa shape index (κ3) is 3.50. The number of furan rings is 2. The van der Waals surface area contributed by atoms with Crippen LogP contribution in [0.2, 0.25) is 0 Å². The van der Waals surface area contributed by atoms with Crippen LogP contribution in [0.3, 0.4) is 0 Å². The lowest BCUT2D eigenvalue weighted by molar-refractivity contribution is 0.372. The predicted molar refractivity (Wildman–Crippen MR) is 150 cm³/mol. The Morgan fingerprint density at radius 2 is 1.47 bits per heavy atom. The minimum Gasteiger partial charge on any atom is -0.456 e. The average molecular weight is 467 g/mol. The third-order valence-corrected chi connectivity index (χ3v) is 6.44. The van der Waals surface area contributed by atoms with Crippen LogP contribution in [-0.4, -0.2) is 7.11 Å². The van der Waals surface area contributed by atoms with Crippen LogP contribution in [0.25, 0.3) is 66.8 Å². The van der Waals surface area contributed by atoms with E-state index in [0.717, 1.165) is 76.9 Å². The SMILES string of the molecule is C=Cc1cc2c(cc1/C=C(\C)C#COC)oc1cc3c(cc12)oc1cc2cc(C#CC)ccc2cc13. The first-order chi connectivity index (χ1) is 17.6. The Morgan fingerprint density at radius 3 is 2.17 bits per heavy atom. The van der Waals surface area contributed by atoms with Gasteiger partial charge in [0, 0.05) is 32.7 Å². The monoisotopic (exact) mass is 466 g/mol. The van der Waals surface area contributed by atoms with E-state index in [1.807, 2.05) is 32.1 Å². The van der Waals surface area contributed by atoms with Gasteiger partial charge in [-0.15, -0.1) is 5.92 Å². The maximum Gasteiger partial charge on any atom is 0.136 e. The quantitative estimate of drug-likeness (QED) is 0.240. The molecule has 2 aromatic heterocycles. The molecule has 172 valence electrons. The van der Waals surface area contributed by atoms with Crippen LogP contribution in [0.15, 0.2) is 75.6 Å². The fourth-order valence-corrected chi connectivity index (χ4v) is 4.79. The van der Waals surface area contributed by atoms with Gasteiger partial charge >= 0.3 is 0 Å². The summed E-state index contributed by atoms with van der Waals surface area (Å²) in [6.45, 7) is 7.80. The van der Waals surface area contributed by atoms with Gasteiger partial charge in [0.05, 0.1) is 7.11 Å². The molecule has 0 aliphatic heterocycles. The van der Waals surface area contributed by atoms with Gasteiger partial charge in [0.2, 0.25) is 0 Å². The lowest BCUT2D eigenvalue weighted by Crippen LogP contribution is -1.82. The number of hydrogen-bond acceptors (Lipinski definition) is 3. The van der Waals surface area contributed by atoms with Gasteiger partial charge in [0.25, 0.3) is 0 Å². The molecular formula is C33H22O3. The zero-order valence-electron chi connectivity index (χ0n) is 20.3. The van der Waals surface area contributed by atoms with Gasteiger partial charge < -0.3 is 13.6 Å². The molecule has 0 radical (unpaired) electrons. The van der Waals surface area contributed by atoms with Gasteiger partial charge in [-0.25, -0.2) is 0 Å². The Morgan fingerprint density at radius 1 is 0.806 bits per heavy atom. The largest absolute Gasteiger partial charge is 0.456 e. The summed E-state index contributed by atoms with van der Waals surface area (Å²) in [7, 11) is 1.55. The van der Waals surface area contributed by atoms with E-state index in [9.17, 15) is 0 Å².